The first-order valence-electron chi connectivity index (χ1n) is 6.42. The number of aromatic amines is 1. The molecule has 3 rings (SSSR count). The van der Waals surface area contributed by atoms with Crippen LogP contribution in [0.3, 0.4) is 0 Å². The van der Waals surface area contributed by atoms with Crippen molar-refractivity contribution in [2.24, 2.45) is 0 Å². The van der Waals surface area contributed by atoms with E-state index in [1.54, 1.807) is 25.1 Å². The number of imidazole rings is 1. The van der Waals surface area contributed by atoms with Crippen molar-refractivity contribution in [2.45, 2.75) is 6.92 Å². The molecule has 0 atom stereocenters. The minimum atomic E-state index is -0.644. The van der Waals surface area contributed by atoms with E-state index in [1.807, 2.05) is 6.07 Å². The molecular weight excluding hydrogens is 284 g/mol. The van der Waals surface area contributed by atoms with E-state index in [1.165, 1.54) is 4.40 Å². The molecule has 0 saturated heterocycles. The molecule has 2 aromatic heterocycles. The van der Waals surface area contributed by atoms with Gasteiger partial charge in [-0.1, -0.05) is 12.1 Å². The van der Waals surface area contributed by atoms with Crippen LogP contribution in [-0.2, 0) is 0 Å². The van der Waals surface area contributed by atoms with Gasteiger partial charge in [0.1, 0.15) is 11.7 Å². The Bertz CT molecular complexity index is 1050. The number of aromatic nitrogens is 2. The molecule has 22 heavy (non-hydrogen) atoms. The number of hydrogen-bond acceptors (Lipinski definition) is 4. The van der Waals surface area contributed by atoms with E-state index in [2.05, 4.69) is 11.1 Å². The van der Waals surface area contributed by atoms with Crippen LogP contribution in [0.25, 0.3) is 22.8 Å². The first kappa shape index (κ1) is 13.6. The second kappa shape index (κ2) is 4.86. The van der Waals surface area contributed by atoms with Gasteiger partial charge in [0.05, 0.1) is 27.1 Å². The van der Waals surface area contributed by atoms with Crippen LogP contribution in [0.5, 0.6) is 0 Å². The van der Waals surface area contributed by atoms with Gasteiger partial charge in [-0.15, -0.1) is 0 Å². The Labute approximate surface area is 123 Å². The van der Waals surface area contributed by atoms with Crippen molar-refractivity contribution in [3.8, 4) is 6.07 Å². The molecule has 0 radical (unpaired) electrons. The standard InChI is InChI=1S/C15H10N4O3/c1-9-10(6-7-18(21)22)15(20)19-13-5-3-2-4-12(13)17-14(19)11(9)8-16/h2-7,17H,1H3/b7-6+. The fourth-order valence-corrected chi connectivity index (χ4v) is 2.53. The first-order chi connectivity index (χ1) is 10.5. The average Bonchev–Trinajstić information content (AvgIpc) is 2.86. The average molecular weight is 294 g/mol. The van der Waals surface area contributed by atoms with E-state index >= 15 is 0 Å². The van der Waals surface area contributed by atoms with Crippen molar-refractivity contribution >= 4 is 22.8 Å². The van der Waals surface area contributed by atoms with Crippen LogP contribution in [0.15, 0.2) is 35.3 Å². The smallest absolute Gasteiger partial charge is 0.264 e. The summed E-state index contributed by atoms with van der Waals surface area (Å²) in [5, 5.41) is 19.9. The number of H-pyrrole nitrogens is 1. The minimum absolute atomic E-state index is 0.135. The Morgan fingerprint density at radius 2 is 2.14 bits per heavy atom. The number of nitro groups is 1. The third-order valence-electron chi connectivity index (χ3n) is 3.55. The Balaban J connectivity index is 2.54. The number of nitrogens with one attached hydrogen (secondary N) is 1. The number of nitrogens with zero attached hydrogens (tertiary/aromatic N) is 3. The number of hydrogen-bond donors (Lipinski definition) is 1. The lowest BCUT2D eigenvalue weighted by Gasteiger charge is -2.04. The van der Waals surface area contributed by atoms with Crippen molar-refractivity contribution in [3.63, 3.8) is 0 Å². The third-order valence-corrected chi connectivity index (χ3v) is 3.55. The summed E-state index contributed by atoms with van der Waals surface area (Å²) in [6, 6.07) is 9.20. The Hall–Kier alpha value is -3.40. The molecular formula is C15H10N4O3. The zero-order chi connectivity index (χ0) is 15.9. The van der Waals surface area contributed by atoms with Crippen LogP contribution in [0.4, 0.5) is 0 Å². The van der Waals surface area contributed by atoms with Gasteiger partial charge in [0, 0.05) is 6.08 Å². The van der Waals surface area contributed by atoms with Crippen LogP contribution in [0.1, 0.15) is 16.7 Å². The molecule has 0 saturated carbocycles. The van der Waals surface area contributed by atoms with Gasteiger partial charge in [-0.2, -0.15) is 5.26 Å². The molecule has 0 bridgehead atoms. The van der Waals surface area contributed by atoms with Crippen LogP contribution in [0.2, 0.25) is 0 Å². The van der Waals surface area contributed by atoms with Gasteiger partial charge in [-0.05, 0) is 24.6 Å². The van der Waals surface area contributed by atoms with Crippen molar-refractivity contribution in [2.75, 3.05) is 0 Å². The third kappa shape index (κ3) is 1.86. The summed E-state index contributed by atoms with van der Waals surface area (Å²) in [6.07, 6.45) is 1.83. The zero-order valence-corrected chi connectivity index (χ0v) is 11.5. The monoisotopic (exact) mass is 294 g/mol. The highest BCUT2D eigenvalue weighted by molar-refractivity contribution is 5.83. The lowest BCUT2D eigenvalue weighted by Crippen LogP contribution is -2.18. The highest BCUT2D eigenvalue weighted by Gasteiger charge is 2.17. The number of pyridine rings is 1. The second-order valence-corrected chi connectivity index (χ2v) is 4.76. The van der Waals surface area contributed by atoms with Gasteiger partial charge in [0.25, 0.3) is 5.56 Å². The number of rotatable bonds is 2. The highest BCUT2D eigenvalue weighted by atomic mass is 16.6. The maximum absolute atomic E-state index is 12.7. The van der Waals surface area contributed by atoms with E-state index in [-0.39, 0.29) is 5.56 Å². The fourth-order valence-electron chi connectivity index (χ4n) is 2.53. The van der Waals surface area contributed by atoms with Gasteiger partial charge in [-0.25, -0.2) is 0 Å². The summed E-state index contributed by atoms with van der Waals surface area (Å²) < 4.78 is 1.38. The van der Waals surface area contributed by atoms with Crippen molar-refractivity contribution in [1.82, 2.24) is 9.38 Å². The Kier molecular flexibility index (Phi) is 3.00. The molecule has 108 valence electrons. The van der Waals surface area contributed by atoms with Crippen LogP contribution in [0, 0.1) is 28.4 Å². The molecule has 0 amide bonds. The zero-order valence-electron chi connectivity index (χ0n) is 11.5. The molecule has 0 unspecified atom stereocenters. The molecule has 3 aromatic rings. The molecule has 0 spiro atoms. The van der Waals surface area contributed by atoms with Crippen molar-refractivity contribution in [3.05, 3.63) is 67.6 Å². The minimum Gasteiger partial charge on any atom is -0.338 e. The molecule has 0 aliphatic rings. The van der Waals surface area contributed by atoms with Gasteiger partial charge in [0.15, 0.2) is 0 Å². The Morgan fingerprint density at radius 3 is 2.82 bits per heavy atom. The second-order valence-electron chi connectivity index (χ2n) is 4.76. The number of fused-ring (bicyclic) bond motifs is 3. The summed E-state index contributed by atoms with van der Waals surface area (Å²) >= 11 is 0. The summed E-state index contributed by atoms with van der Waals surface area (Å²) in [5.41, 5.74) is 2.17. The quantitative estimate of drug-likeness (QED) is 0.577. The maximum Gasteiger partial charge on any atom is 0.264 e. The molecule has 2 heterocycles. The Morgan fingerprint density at radius 1 is 1.41 bits per heavy atom. The normalized spacial score (nSPS) is 11.3. The van der Waals surface area contributed by atoms with E-state index in [0.717, 1.165) is 6.08 Å². The maximum atomic E-state index is 12.7. The van der Waals surface area contributed by atoms with Crippen LogP contribution < -0.4 is 5.56 Å². The van der Waals surface area contributed by atoms with Gasteiger partial charge >= 0.3 is 0 Å². The van der Waals surface area contributed by atoms with Gasteiger partial charge < -0.3 is 4.98 Å². The van der Waals surface area contributed by atoms with Gasteiger partial charge in [-0.3, -0.25) is 19.3 Å². The summed E-state index contributed by atoms with van der Waals surface area (Å²) in [6.45, 7) is 1.60. The van der Waals surface area contributed by atoms with Crippen LogP contribution in [-0.4, -0.2) is 14.3 Å². The van der Waals surface area contributed by atoms with E-state index < -0.39 is 10.5 Å². The number of para-hydroxylation sites is 2. The fraction of sp³-hybridized carbons (Fsp3) is 0.0667. The van der Waals surface area contributed by atoms with Crippen molar-refractivity contribution < 1.29 is 4.92 Å². The predicted molar refractivity (Wildman–Crippen MR) is 81.0 cm³/mol. The van der Waals surface area contributed by atoms with Crippen LogP contribution >= 0.6 is 0 Å². The van der Waals surface area contributed by atoms with E-state index in [9.17, 15) is 20.2 Å². The van der Waals surface area contributed by atoms with E-state index in [0.29, 0.717) is 34.0 Å². The summed E-state index contributed by atoms with van der Waals surface area (Å²) in [7, 11) is 0. The SMILES string of the molecule is Cc1c(/C=C/[N+](=O)[O-])c(=O)n2c([nH]c3ccccc32)c1C#N. The molecule has 0 aliphatic heterocycles. The largest absolute Gasteiger partial charge is 0.338 e. The lowest BCUT2D eigenvalue weighted by atomic mass is 10.1. The molecule has 0 fully saturated rings. The molecule has 1 aromatic carbocycles. The number of benzene rings is 1. The molecule has 1 N–H and O–H groups in total. The molecule has 7 nitrogen and oxygen atoms in total. The van der Waals surface area contributed by atoms with E-state index in [4.69, 9.17) is 0 Å². The van der Waals surface area contributed by atoms with Crippen molar-refractivity contribution in [1.29, 1.82) is 5.26 Å². The molecule has 7 heteroatoms. The van der Waals surface area contributed by atoms with Gasteiger partial charge in [0.2, 0.25) is 6.20 Å². The topological polar surface area (TPSA) is 104 Å². The summed E-state index contributed by atoms with van der Waals surface area (Å²) in [4.78, 5) is 25.6. The summed E-state index contributed by atoms with van der Waals surface area (Å²) in [5.74, 6) is 0. The molecule has 0 aliphatic carbocycles. The lowest BCUT2D eigenvalue weighted by molar-refractivity contribution is -0.400. The number of nitriles is 1. The highest BCUT2D eigenvalue weighted by Crippen LogP contribution is 2.21. The predicted octanol–water partition coefficient (Wildman–Crippen LogP) is 2.21. The first-order valence-corrected chi connectivity index (χ1v) is 6.42.